The number of aryl methyl sites for hydroxylation is 1. The van der Waals surface area contributed by atoms with Crippen molar-refractivity contribution < 1.29 is 4.79 Å². The summed E-state index contributed by atoms with van der Waals surface area (Å²) in [6.07, 6.45) is 0.498. The number of amides is 1. The zero-order chi connectivity index (χ0) is 16.8. The van der Waals surface area contributed by atoms with E-state index in [1.165, 1.54) is 6.92 Å². The topological polar surface area (TPSA) is 86.9 Å². The first-order valence-corrected chi connectivity index (χ1v) is 7.66. The lowest BCUT2D eigenvalue weighted by molar-refractivity contribution is -0.118. The summed E-state index contributed by atoms with van der Waals surface area (Å²) in [5, 5.41) is 6.31. The molecule has 0 aliphatic carbocycles. The van der Waals surface area contributed by atoms with Gasteiger partial charge in [-0.2, -0.15) is 0 Å². The summed E-state index contributed by atoms with van der Waals surface area (Å²) >= 11 is 5.86. The number of carbonyl (C=O) groups excluding carboxylic acids is 1. The minimum absolute atomic E-state index is 0.0947. The molecule has 7 heteroatoms. The molecule has 0 bridgehead atoms. The number of aromatic nitrogens is 2. The Bertz CT molecular complexity index is 741. The number of carbonyl (C=O) groups is 1. The highest BCUT2D eigenvalue weighted by Crippen LogP contribution is 2.13. The third-order valence-electron chi connectivity index (χ3n) is 3.31. The standard InChI is InChI=1S/C16H19ClN4O2/c1-10-14(9-12-3-5-13(17)6-4-12)15(23)21-16(20-10)19-8-7-18-11(2)22/h3-6H,7-9H2,1-2H3,(H,18,22)(H2,19,20,21,23). The number of aromatic amines is 1. The molecule has 3 N–H and O–H groups in total. The van der Waals surface area contributed by atoms with E-state index in [1.807, 2.05) is 12.1 Å². The van der Waals surface area contributed by atoms with Crippen molar-refractivity contribution in [3.05, 3.63) is 56.5 Å². The maximum absolute atomic E-state index is 12.2. The molecule has 0 saturated heterocycles. The zero-order valence-corrected chi connectivity index (χ0v) is 13.8. The molecule has 1 heterocycles. The van der Waals surface area contributed by atoms with Crippen molar-refractivity contribution in [2.24, 2.45) is 0 Å². The average Bonchev–Trinajstić information content (AvgIpc) is 2.49. The number of H-pyrrole nitrogens is 1. The Morgan fingerprint density at radius 1 is 1.26 bits per heavy atom. The van der Waals surface area contributed by atoms with Crippen molar-refractivity contribution in [3.63, 3.8) is 0 Å². The SMILES string of the molecule is CC(=O)NCCNc1nc(C)c(Cc2ccc(Cl)cc2)c(=O)[nH]1. The predicted molar refractivity (Wildman–Crippen MR) is 91.0 cm³/mol. The van der Waals surface area contributed by atoms with Gasteiger partial charge >= 0.3 is 0 Å². The van der Waals surface area contributed by atoms with Gasteiger partial charge in [-0.1, -0.05) is 23.7 Å². The molecule has 2 aromatic rings. The Morgan fingerprint density at radius 3 is 2.57 bits per heavy atom. The van der Waals surface area contributed by atoms with Crippen LogP contribution in [-0.4, -0.2) is 29.0 Å². The molecule has 1 aromatic carbocycles. The number of halogens is 1. The lowest BCUT2D eigenvalue weighted by Crippen LogP contribution is -2.27. The van der Waals surface area contributed by atoms with Crippen molar-refractivity contribution in [2.75, 3.05) is 18.4 Å². The molecule has 122 valence electrons. The first kappa shape index (κ1) is 17.0. The van der Waals surface area contributed by atoms with Gasteiger partial charge in [-0.25, -0.2) is 4.98 Å². The summed E-state index contributed by atoms with van der Waals surface area (Å²) in [7, 11) is 0. The zero-order valence-electron chi connectivity index (χ0n) is 13.1. The molecule has 23 heavy (non-hydrogen) atoms. The summed E-state index contributed by atoms with van der Waals surface area (Å²) in [4.78, 5) is 30.1. The van der Waals surface area contributed by atoms with E-state index in [2.05, 4.69) is 20.6 Å². The van der Waals surface area contributed by atoms with Gasteiger partial charge < -0.3 is 10.6 Å². The first-order chi connectivity index (χ1) is 11.0. The van der Waals surface area contributed by atoms with Crippen LogP contribution in [0.5, 0.6) is 0 Å². The van der Waals surface area contributed by atoms with Crippen LogP contribution in [0.15, 0.2) is 29.1 Å². The maximum atomic E-state index is 12.2. The second-order valence-corrected chi connectivity index (χ2v) is 5.63. The van der Waals surface area contributed by atoms with E-state index < -0.39 is 0 Å². The molecule has 0 radical (unpaired) electrons. The Labute approximate surface area is 139 Å². The quantitative estimate of drug-likeness (QED) is 0.704. The largest absolute Gasteiger partial charge is 0.355 e. The number of anilines is 1. The maximum Gasteiger partial charge on any atom is 0.256 e. The van der Waals surface area contributed by atoms with E-state index in [4.69, 9.17) is 11.6 Å². The van der Waals surface area contributed by atoms with Crippen LogP contribution in [0, 0.1) is 6.92 Å². The summed E-state index contributed by atoms with van der Waals surface area (Å²) < 4.78 is 0. The van der Waals surface area contributed by atoms with Crippen molar-refractivity contribution >= 4 is 23.5 Å². The monoisotopic (exact) mass is 334 g/mol. The van der Waals surface area contributed by atoms with Gasteiger partial charge in [0.05, 0.1) is 5.69 Å². The van der Waals surface area contributed by atoms with Crippen molar-refractivity contribution in [3.8, 4) is 0 Å². The highest BCUT2D eigenvalue weighted by atomic mass is 35.5. The Kier molecular flexibility index (Phi) is 5.76. The fourth-order valence-corrected chi connectivity index (χ4v) is 2.25. The van der Waals surface area contributed by atoms with Gasteiger partial charge in [0.2, 0.25) is 11.9 Å². The van der Waals surface area contributed by atoms with Gasteiger partial charge in [0.15, 0.2) is 0 Å². The molecule has 1 aromatic heterocycles. The smallest absolute Gasteiger partial charge is 0.256 e. The third-order valence-corrected chi connectivity index (χ3v) is 3.56. The number of rotatable bonds is 6. The van der Waals surface area contributed by atoms with Crippen LogP contribution >= 0.6 is 11.6 Å². The lowest BCUT2D eigenvalue weighted by Gasteiger charge is -2.09. The van der Waals surface area contributed by atoms with Crippen LogP contribution in [0.25, 0.3) is 0 Å². The van der Waals surface area contributed by atoms with E-state index in [0.717, 1.165) is 5.56 Å². The normalized spacial score (nSPS) is 10.4. The number of nitrogens with zero attached hydrogens (tertiary/aromatic N) is 1. The molecule has 2 rings (SSSR count). The highest BCUT2D eigenvalue weighted by Gasteiger charge is 2.09. The number of hydrogen-bond acceptors (Lipinski definition) is 4. The summed E-state index contributed by atoms with van der Waals surface area (Å²) in [5.74, 6) is 0.306. The Balaban J connectivity index is 2.06. The predicted octanol–water partition coefficient (Wildman–Crippen LogP) is 1.87. The molecular formula is C16H19ClN4O2. The van der Waals surface area contributed by atoms with Crippen LogP contribution in [0.2, 0.25) is 5.02 Å². The summed E-state index contributed by atoms with van der Waals surface area (Å²) in [5.41, 5.74) is 2.12. The van der Waals surface area contributed by atoms with Gasteiger partial charge in [-0.15, -0.1) is 0 Å². The minimum Gasteiger partial charge on any atom is -0.355 e. The molecule has 1 amide bonds. The number of hydrogen-bond donors (Lipinski definition) is 3. The second-order valence-electron chi connectivity index (χ2n) is 5.19. The van der Waals surface area contributed by atoms with Crippen molar-refractivity contribution in [1.82, 2.24) is 15.3 Å². The van der Waals surface area contributed by atoms with Gasteiger partial charge in [-0.3, -0.25) is 14.6 Å². The first-order valence-electron chi connectivity index (χ1n) is 7.28. The lowest BCUT2D eigenvalue weighted by atomic mass is 10.1. The molecule has 0 spiro atoms. The van der Waals surface area contributed by atoms with Gasteiger partial charge in [0.25, 0.3) is 5.56 Å². The molecule has 6 nitrogen and oxygen atoms in total. The molecule has 0 aliphatic rings. The van der Waals surface area contributed by atoms with Gasteiger partial charge in [0.1, 0.15) is 0 Å². The molecule has 0 fully saturated rings. The Hall–Kier alpha value is -2.34. The Morgan fingerprint density at radius 2 is 1.96 bits per heavy atom. The summed E-state index contributed by atoms with van der Waals surface area (Å²) in [6, 6.07) is 7.37. The van der Waals surface area contributed by atoms with E-state index in [-0.39, 0.29) is 11.5 Å². The molecule has 0 saturated carbocycles. The van der Waals surface area contributed by atoms with Crippen molar-refractivity contribution in [2.45, 2.75) is 20.3 Å². The van der Waals surface area contributed by atoms with Crippen LogP contribution in [0.4, 0.5) is 5.95 Å². The van der Waals surface area contributed by atoms with Crippen LogP contribution in [-0.2, 0) is 11.2 Å². The van der Waals surface area contributed by atoms with Gasteiger partial charge in [-0.05, 0) is 24.6 Å². The van der Waals surface area contributed by atoms with Crippen LogP contribution in [0.1, 0.15) is 23.7 Å². The summed E-state index contributed by atoms with van der Waals surface area (Å²) in [6.45, 7) is 4.21. The van der Waals surface area contributed by atoms with E-state index in [9.17, 15) is 9.59 Å². The van der Waals surface area contributed by atoms with E-state index >= 15 is 0 Å². The van der Waals surface area contributed by atoms with Crippen LogP contribution < -0.4 is 16.2 Å². The van der Waals surface area contributed by atoms with E-state index in [0.29, 0.717) is 41.7 Å². The van der Waals surface area contributed by atoms with Gasteiger partial charge in [0, 0.05) is 37.0 Å². The molecular weight excluding hydrogens is 316 g/mol. The number of benzene rings is 1. The average molecular weight is 335 g/mol. The fraction of sp³-hybridized carbons (Fsp3) is 0.312. The van der Waals surface area contributed by atoms with Crippen LogP contribution in [0.3, 0.4) is 0 Å². The molecule has 0 aliphatic heterocycles. The minimum atomic E-state index is -0.172. The fourth-order valence-electron chi connectivity index (χ4n) is 2.13. The third kappa shape index (κ3) is 5.10. The van der Waals surface area contributed by atoms with Crippen molar-refractivity contribution in [1.29, 1.82) is 0 Å². The molecule has 0 unspecified atom stereocenters. The highest BCUT2D eigenvalue weighted by molar-refractivity contribution is 6.30. The second kappa shape index (κ2) is 7.78. The molecule has 0 atom stereocenters. The number of nitrogens with one attached hydrogen (secondary N) is 3. The van der Waals surface area contributed by atoms with E-state index in [1.54, 1.807) is 19.1 Å².